The van der Waals surface area contributed by atoms with Gasteiger partial charge < -0.3 is 10.0 Å². The number of hydrogen-bond acceptors (Lipinski definition) is 3. The minimum absolute atomic E-state index is 0.0793. The number of aryl methyl sites for hydroxylation is 1. The van der Waals surface area contributed by atoms with Crippen LogP contribution in [0.2, 0.25) is 0 Å². The highest BCUT2D eigenvalue weighted by molar-refractivity contribution is 5.94. The first-order chi connectivity index (χ1) is 10.0. The summed E-state index contributed by atoms with van der Waals surface area (Å²) in [5, 5.41) is 17.6. The summed E-state index contributed by atoms with van der Waals surface area (Å²) in [6, 6.07) is 7.46. The SMILES string of the molecule is CCN(CC(C)C#N)C(=O)c1ccc(C#CCO)c(C)c1. The van der Waals surface area contributed by atoms with Crippen LogP contribution in [0.1, 0.15) is 35.3 Å². The molecular formula is C17H20N2O2. The quantitative estimate of drug-likeness (QED) is 0.860. The molecule has 1 unspecified atom stereocenters. The molecule has 1 aromatic rings. The smallest absolute Gasteiger partial charge is 0.253 e. The number of benzene rings is 1. The maximum atomic E-state index is 12.4. The normalized spacial score (nSPS) is 11.0. The predicted octanol–water partition coefficient (Wildman–Crippen LogP) is 1.96. The van der Waals surface area contributed by atoms with E-state index in [0.29, 0.717) is 18.7 Å². The Morgan fingerprint density at radius 3 is 2.71 bits per heavy atom. The molecule has 4 nitrogen and oxygen atoms in total. The maximum absolute atomic E-state index is 12.4. The molecule has 0 bridgehead atoms. The number of nitriles is 1. The Bertz CT molecular complexity index is 605. The zero-order chi connectivity index (χ0) is 15.8. The molecule has 21 heavy (non-hydrogen) atoms. The van der Waals surface area contributed by atoms with Crippen molar-refractivity contribution in [3.63, 3.8) is 0 Å². The van der Waals surface area contributed by atoms with Gasteiger partial charge in [0.25, 0.3) is 5.91 Å². The summed E-state index contributed by atoms with van der Waals surface area (Å²) in [6.07, 6.45) is 0. The highest BCUT2D eigenvalue weighted by Gasteiger charge is 2.17. The highest BCUT2D eigenvalue weighted by atomic mass is 16.2. The Balaban J connectivity index is 2.97. The van der Waals surface area contributed by atoms with Gasteiger partial charge in [-0.1, -0.05) is 11.8 Å². The molecule has 0 saturated heterocycles. The highest BCUT2D eigenvalue weighted by Crippen LogP contribution is 2.13. The lowest BCUT2D eigenvalue weighted by Crippen LogP contribution is -2.34. The molecule has 1 amide bonds. The molecular weight excluding hydrogens is 264 g/mol. The first kappa shape index (κ1) is 16.8. The molecule has 1 atom stereocenters. The van der Waals surface area contributed by atoms with Crippen molar-refractivity contribution in [2.45, 2.75) is 20.8 Å². The zero-order valence-corrected chi connectivity index (χ0v) is 12.7. The number of aliphatic hydroxyl groups is 1. The minimum atomic E-state index is -0.190. The van der Waals surface area contributed by atoms with Gasteiger partial charge in [-0.05, 0) is 44.5 Å². The second kappa shape index (κ2) is 8.09. The van der Waals surface area contributed by atoms with Gasteiger partial charge >= 0.3 is 0 Å². The van der Waals surface area contributed by atoms with Gasteiger partial charge in [-0.2, -0.15) is 5.26 Å². The molecule has 0 heterocycles. The van der Waals surface area contributed by atoms with Crippen LogP contribution in [0, 0.1) is 36.0 Å². The van der Waals surface area contributed by atoms with E-state index < -0.39 is 0 Å². The number of hydrogen-bond donors (Lipinski definition) is 1. The van der Waals surface area contributed by atoms with E-state index in [9.17, 15) is 4.79 Å². The predicted molar refractivity (Wildman–Crippen MR) is 81.5 cm³/mol. The standard InChI is InChI=1S/C17H20N2O2/c1-4-19(12-13(2)11-18)17(21)16-8-7-15(6-5-9-20)14(3)10-16/h7-8,10,13,20H,4,9,12H2,1-3H3. The molecule has 0 aliphatic rings. The van der Waals surface area contributed by atoms with E-state index in [-0.39, 0.29) is 18.4 Å². The lowest BCUT2D eigenvalue weighted by Gasteiger charge is -2.22. The Labute approximate surface area is 126 Å². The molecule has 0 aliphatic carbocycles. The second-order valence-corrected chi connectivity index (χ2v) is 4.86. The van der Waals surface area contributed by atoms with Gasteiger partial charge in [0.1, 0.15) is 6.61 Å². The fourth-order valence-electron chi connectivity index (χ4n) is 1.98. The number of aliphatic hydroxyl groups excluding tert-OH is 1. The summed E-state index contributed by atoms with van der Waals surface area (Å²) >= 11 is 0. The van der Waals surface area contributed by atoms with Crippen molar-refractivity contribution in [3.05, 3.63) is 34.9 Å². The number of rotatable bonds is 4. The van der Waals surface area contributed by atoms with Crippen LogP contribution in [0.5, 0.6) is 0 Å². The third kappa shape index (κ3) is 4.63. The van der Waals surface area contributed by atoms with Crippen molar-refractivity contribution in [3.8, 4) is 17.9 Å². The van der Waals surface area contributed by atoms with Crippen LogP contribution in [0.4, 0.5) is 0 Å². The van der Waals surface area contributed by atoms with Crippen molar-refractivity contribution in [1.82, 2.24) is 4.90 Å². The summed E-state index contributed by atoms with van der Waals surface area (Å²) < 4.78 is 0. The zero-order valence-electron chi connectivity index (χ0n) is 12.7. The summed E-state index contributed by atoms with van der Waals surface area (Å²) in [6.45, 7) is 6.39. The molecule has 4 heteroatoms. The van der Waals surface area contributed by atoms with Gasteiger partial charge in [0, 0.05) is 24.2 Å². The maximum Gasteiger partial charge on any atom is 0.253 e. The molecule has 1 aromatic carbocycles. The van der Waals surface area contributed by atoms with Crippen molar-refractivity contribution < 1.29 is 9.90 Å². The van der Waals surface area contributed by atoms with Crippen molar-refractivity contribution >= 4 is 5.91 Å². The lowest BCUT2D eigenvalue weighted by atomic mass is 10.0. The average molecular weight is 284 g/mol. The third-order valence-electron chi connectivity index (χ3n) is 3.16. The van der Waals surface area contributed by atoms with Crippen LogP contribution >= 0.6 is 0 Å². The van der Waals surface area contributed by atoms with E-state index in [0.717, 1.165) is 11.1 Å². The molecule has 110 valence electrons. The van der Waals surface area contributed by atoms with E-state index in [2.05, 4.69) is 17.9 Å². The molecule has 0 spiro atoms. The average Bonchev–Trinajstić information content (AvgIpc) is 2.50. The van der Waals surface area contributed by atoms with Crippen molar-refractivity contribution in [2.75, 3.05) is 19.7 Å². The molecule has 0 fully saturated rings. The summed E-state index contributed by atoms with van der Waals surface area (Å²) in [4.78, 5) is 14.1. The van der Waals surface area contributed by atoms with Gasteiger partial charge in [-0.25, -0.2) is 0 Å². The molecule has 0 aromatic heterocycles. The molecule has 0 aliphatic heterocycles. The third-order valence-corrected chi connectivity index (χ3v) is 3.16. The van der Waals surface area contributed by atoms with E-state index in [1.54, 1.807) is 30.0 Å². The van der Waals surface area contributed by atoms with Gasteiger partial charge in [0.2, 0.25) is 0 Å². The van der Waals surface area contributed by atoms with Crippen LogP contribution in [0.25, 0.3) is 0 Å². The van der Waals surface area contributed by atoms with Crippen molar-refractivity contribution in [2.24, 2.45) is 5.92 Å². The lowest BCUT2D eigenvalue weighted by molar-refractivity contribution is 0.0752. The fourth-order valence-corrected chi connectivity index (χ4v) is 1.98. The van der Waals surface area contributed by atoms with E-state index in [1.807, 2.05) is 13.8 Å². The van der Waals surface area contributed by atoms with Crippen LogP contribution in [0.3, 0.4) is 0 Å². The first-order valence-corrected chi connectivity index (χ1v) is 6.92. The van der Waals surface area contributed by atoms with Crippen LogP contribution in [-0.2, 0) is 0 Å². The Hall–Kier alpha value is -2.30. The van der Waals surface area contributed by atoms with E-state index in [1.165, 1.54) is 0 Å². The second-order valence-electron chi connectivity index (χ2n) is 4.86. The Kier molecular flexibility index (Phi) is 6.46. The van der Waals surface area contributed by atoms with E-state index >= 15 is 0 Å². The van der Waals surface area contributed by atoms with Crippen molar-refractivity contribution in [1.29, 1.82) is 5.26 Å². The van der Waals surface area contributed by atoms with Crippen LogP contribution in [-0.4, -0.2) is 35.6 Å². The number of carbonyl (C=O) groups excluding carboxylic acids is 1. The van der Waals surface area contributed by atoms with Gasteiger partial charge in [-0.3, -0.25) is 4.79 Å². The van der Waals surface area contributed by atoms with Gasteiger partial charge in [-0.15, -0.1) is 0 Å². The van der Waals surface area contributed by atoms with E-state index in [4.69, 9.17) is 10.4 Å². The molecule has 1 rings (SSSR count). The minimum Gasteiger partial charge on any atom is -0.384 e. The van der Waals surface area contributed by atoms with Crippen LogP contribution < -0.4 is 0 Å². The fraction of sp³-hybridized carbons (Fsp3) is 0.412. The Morgan fingerprint density at radius 1 is 1.48 bits per heavy atom. The summed E-state index contributed by atoms with van der Waals surface area (Å²) in [7, 11) is 0. The summed E-state index contributed by atoms with van der Waals surface area (Å²) in [5.41, 5.74) is 2.29. The monoisotopic (exact) mass is 284 g/mol. The first-order valence-electron chi connectivity index (χ1n) is 6.92. The van der Waals surface area contributed by atoms with Gasteiger partial charge in [0.15, 0.2) is 0 Å². The molecule has 0 saturated carbocycles. The van der Waals surface area contributed by atoms with Crippen LogP contribution in [0.15, 0.2) is 18.2 Å². The molecule has 0 radical (unpaired) electrons. The topological polar surface area (TPSA) is 64.3 Å². The number of carbonyl (C=O) groups is 1. The number of nitrogens with zero attached hydrogens (tertiary/aromatic N) is 2. The largest absolute Gasteiger partial charge is 0.384 e. The summed E-state index contributed by atoms with van der Waals surface area (Å²) in [5.74, 6) is 5.17. The Morgan fingerprint density at radius 2 is 2.19 bits per heavy atom. The van der Waals surface area contributed by atoms with Gasteiger partial charge in [0.05, 0.1) is 12.0 Å². The molecule has 1 N–H and O–H groups in total. The number of amides is 1.